The number of likely N-dealkylation sites (tertiary alicyclic amines) is 1. The van der Waals surface area contributed by atoms with E-state index in [2.05, 4.69) is 4.98 Å². The number of imidazole rings is 1. The van der Waals surface area contributed by atoms with Crippen molar-refractivity contribution in [3.63, 3.8) is 0 Å². The highest BCUT2D eigenvalue weighted by atomic mass is 32.2. The molecular formula is C22H22FN3O3S. The fourth-order valence-electron chi connectivity index (χ4n) is 3.75. The molecule has 30 heavy (non-hydrogen) atoms. The number of benzene rings is 2. The molecule has 1 amide bonds. The lowest BCUT2D eigenvalue weighted by Crippen LogP contribution is -2.30. The first-order valence-electron chi connectivity index (χ1n) is 9.81. The normalized spacial score (nSPS) is 16.3. The quantitative estimate of drug-likeness (QED) is 0.585. The van der Waals surface area contributed by atoms with Gasteiger partial charge in [-0.1, -0.05) is 42.1 Å². The first-order chi connectivity index (χ1) is 14.5. The van der Waals surface area contributed by atoms with E-state index in [4.69, 9.17) is 0 Å². The molecule has 1 aliphatic heterocycles. The van der Waals surface area contributed by atoms with E-state index in [1.807, 2.05) is 35.2 Å². The predicted molar refractivity (Wildman–Crippen MR) is 113 cm³/mol. The van der Waals surface area contributed by atoms with E-state index in [9.17, 15) is 19.1 Å². The number of nitrogens with zero attached hydrogens (tertiary/aromatic N) is 3. The Bertz CT molecular complexity index is 1070. The predicted octanol–water partition coefficient (Wildman–Crippen LogP) is 3.44. The third-order valence-corrected chi connectivity index (χ3v) is 6.46. The van der Waals surface area contributed by atoms with Gasteiger partial charge >= 0.3 is 5.97 Å². The number of carbonyl (C=O) groups is 2. The second kappa shape index (κ2) is 8.87. The summed E-state index contributed by atoms with van der Waals surface area (Å²) in [6, 6.07) is 13.9. The summed E-state index contributed by atoms with van der Waals surface area (Å²) in [5.74, 6) is -0.214. The highest BCUT2D eigenvalue weighted by Crippen LogP contribution is 2.29. The lowest BCUT2D eigenvalue weighted by atomic mass is 10.1. The minimum atomic E-state index is -0.973. The molecule has 0 spiro atoms. The van der Waals surface area contributed by atoms with Crippen LogP contribution in [0.1, 0.15) is 12.0 Å². The smallest absolute Gasteiger partial charge is 0.323 e. The van der Waals surface area contributed by atoms with Crippen molar-refractivity contribution in [2.24, 2.45) is 5.92 Å². The summed E-state index contributed by atoms with van der Waals surface area (Å²) in [6.07, 6.45) is 1.31. The Morgan fingerprint density at radius 2 is 2.00 bits per heavy atom. The first-order valence-corrected chi connectivity index (χ1v) is 10.8. The molecule has 3 aromatic rings. The van der Waals surface area contributed by atoms with Crippen molar-refractivity contribution in [2.75, 3.05) is 18.8 Å². The molecule has 0 radical (unpaired) electrons. The van der Waals surface area contributed by atoms with Crippen LogP contribution in [0, 0.1) is 11.7 Å². The fourth-order valence-corrected chi connectivity index (χ4v) is 4.89. The van der Waals surface area contributed by atoms with Gasteiger partial charge in [-0.05, 0) is 30.0 Å². The highest BCUT2D eigenvalue weighted by Gasteiger charge is 2.27. The van der Waals surface area contributed by atoms with Gasteiger partial charge < -0.3 is 14.6 Å². The molecule has 4 rings (SSSR count). The van der Waals surface area contributed by atoms with Crippen molar-refractivity contribution in [2.45, 2.75) is 24.5 Å². The second-order valence-corrected chi connectivity index (χ2v) is 8.46. The van der Waals surface area contributed by atoms with Crippen LogP contribution in [0.15, 0.2) is 53.7 Å². The zero-order valence-corrected chi connectivity index (χ0v) is 17.1. The Balaban J connectivity index is 1.39. The van der Waals surface area contributed by atoms with E-state index in [1.165, 1.54) is 23.9 Å². The van der Waals surface area contributed by atoms with E-state index >= 15 is 0 Å². The number of carbonyl (C=O) groups excluding carboxylic acids is 1. The fraction of sp³-hybridized carbons (Fsp3) is 0.318. The minimum absolute atomic E-state index is 0.127. The topological polar surface area (TPSA) is 75.4 Å². The maximum absolute atomic E-state index is 13.5. The van der Waals surface area contributed by atoms with Gasteiger partial charge in [0.15, 0.2) is 5.16 Å². The van der Waals surface area contributed by atoms with Gasteiger partial charge in [0.25, 0.3) is 0 Å². The number of rotatable bonds is 7. The minimum Gasteiger partial charge on any atom is -0.480 e. The lowest BCUT2D eigenvalue weighted by Gasteiger charge is -2.16. The Labute approximate surface area is 177 Å². The van der Waals surface area contributed by atoms with Crippen molar-refractivity contribution in [1.82, 2.24) is 14.5 Å². The zero-order valence-electron chi connectivity index (χ0n) is 16.3. The lowest BCUT2D eigenvalue weighted by molar-refractivity contribution is -0.137. The molecule has 6 nitrogen and oxygen atoms in total. The molecule has 1 unspecified atom stereocenters. The third kappa shape index (κ3) is 4.64. The average Bonchev–Trinajstić information content (AvgIpc) is 3.31. The van der Waals surface area contributed by atoms with Crippen LogP contribution in [0.3, 0.4) is 0 Å². The van der Waals surface area contributed by atoms with Crippen LogP contribution in [0.5, 0.6) is 0 Å². The number of carboxylic acid groups (broad SMARTS) is 1. The molecule has 1 N–H and O–H groups in total. The van der Waals surface area contributed by atoms with Gasteiger partial charge in [0.2, 0.25) is 5.91 Å². The molecule has 0 bridgehead atoms. The van der Waals surface area contributed by atoms with Gasteiger partial charge in [0, 0.05) is 24.9 Å². The van der Waals surface area contributed by atoms with Gasteiger partial charge in [-0.2, -0.15) is 0 Å². The molecule has 2 heterocycles. The molecule has 1 atom stereocenters. The Morgan fingerprint density at radius 1 is 1.20 bits per heavy atom. The Morgan fingerprint density at radius 3 is 2.77 bits per heavy atom. The number of halogens is 1. The summed E-state index contributed by atoms with van der Waals surface area (Å²) < 4.78 is 15.1. The van der Waals surface area contributed by atoms with Crippen LogP contribution < -0.4 is 0 Å². The number of hydrogen-bond acceptors (Lipinski definition) is 4. The first kappa shape index (κ1) is 20.4. The maximum atomic E-state index is 13.5. The number of carboxylic acids is 1. The molecule has 1 aromatic heterocycles. The van der Waals surface area contributed by atoms with Crippen molar-refractivity contribution in [3.8, 4) is 0 Å². The molecule has 1 aliphatic rings. The molecule has 156 valence electrons. The Hall–Kier alpha value is -2.87. The average molecular weight is 428 g/mol. The molecule has 2 aromatic carbocycles. The monoisotopic (exact) mass is 427 g/mol. The van der Waals surface area contributed by atoms with Crippen LogP contribution in [-0.4, -0.2) is 50.3 Å². The van der Waals surface area contributed by atoms with E-state index in [1.54, 1.807) is 10.6 Å². The molecule has 8 heteroatoms. The summed E-state index contributed by atoms with van der Waals surface area (Å²) >= 11 is 1.46. The van der Waals surface area contributed by atoms with Crippen molar-refractivity contribution >= 4 is 34.7 Å². The third-order valence-electron chi connectivity index (χ3n) is 5.25. The molecule has 1 fully saturated rings. The van der Waals surface area contributed by atoms with Gasteiger partial charge in [-0.25, -0.2) is 9.37 Å². The van der Waals surface area contributed by atoms with E-state index in [-0.39, 0.29) is 12.5 Å². The van der Waals surface area contributed by atoms with E-state index in [0.29, 0.717) is 35.1 Å². The summed E-state index contributed by atoms with van der Waals surface area (Å²) in [6.45, 7) is 1.19. The standard InChI is InChI=1S/C22H22FN3O3S/c23-17-6-7-19-18(11-17)24-22(26(19)13-21(28)29)30-14-16-8-9-25(12-16)20(27)10-15-4-2-1-3-5-15/h1-7,11,16H,8-10,12-14H2,(H,28,29). The highest BCUT2D eigenvalue weighted by molar-refractivity contribution is 7.99. The number of hydrogen-bond donors (Lipinski definition) is 1. The molecule has 0 saturated carbocycles. The van der Waals surface area contributed by atoms with Crippen molar-refractivity contribution < 1.29 is 19.1 Å². The van der Waals surface area contributed by atoms with Crippen LogP contribution in [0.25, 0.3) is 11.0 Å². The number of aliphatic carboxylic acids is 1. The van der Waals surface area contributed by atoms with E-state index in [0.717, 1.165) is 24.3 Å². The van der Waals surface area contributed by atoms with Gasteiger partial charge in [-0.3, -0.25) is 9.59 Å². The number of aromatic nitrogens is 2. The molecule has 0 aliphatic carbocycles. The van der Waals surface area contributed by atoms with Crippen LogP contribution in [0.2, 0.25) is 0 Å². The second-order valence-electron chi connectivity index (χ2n) is 7.48. The number of thioether (sulfide) groups is 1. The number of fused-ring (bicyclic) bond motifs is 1. The van der Waals surface area contributed by atoms with Gasteiger partial charge in [0.1, 0.15) is 12.4 Å². The van der Waals surface area contributed by atoms with Crippen molar-refractivity contribution in [3.05, 3.63) is 59.9 Å². The largest absolute Gasteiger partial charge is 0.480 e. The van der Waals surface area contributed by atoms with Crippen molar-refractivity contribution in [1.29, 1.82) is 0 Å². The summed E-state index contributed by atoms with van der Waals surface area (Å²) in [5, 5.41) is 9.81. The zero-order chi connectivity index (χ0) is 21.1. The van der Waals surface area contributed by atoms with Crippen LogP contribution in [0.4, 0.5) is 4.39 Å². The summed E-state index contributed by atoms with van der Waals surface area (Å²) in [4.78, 5) is 30.2. The van der Waals surface area contributed by atoms with Gasteiger partial charge in [0.05, 0.1) is 17.5 Å². The SMILES string of the molecule is O=C(O)Cn1c(SCC2CCN(C(=O)Cc3ccccc3)C2)nc2cc(F)ccc21. The molecular weight excluding hydrogens is 405 g/mol. The summed E-state index contributed by atoms with van der Waals surface area (Å²) in [7, 11) is 0. The number of amides is 1. The van der Waals surface area contributed by atoms with Crippen LogP contribution >= 0.6 is 11.8 Å². The molecule has 1 saturated heterocycles. The van der Waals surface area contributed by atoms with E-state index < -0.39 is 11.8 Å². The maximum Gasteiger partial charge on any atom is 0.323 e. The Kier molecular flexibility index (Phi) is 6.03. The summed E-state index contributed by atoms with van der Waals surface area (Å²) in [5.41, 5.74) is 2.06. The van der Waals surface area contributed by atoms with Crippen LogP contribution in [-0.2, 0) is 22.6 Å². The van der Waals surface area contributed by atoms with Gasteiger partial charge in [-0.15, -0.1) is 0 Å².